The highest BCUT2D eigenvalue weighted by Crippen LogP contribution is 2.42. The van der Waals surface area contributed by atoms with E-state index in [-0.39, 0.29) is 0 Å². The molecule has 0 radical (unpaired) electrons. The summed E-state index contributed by atoms with van der Waals surface area (Å²) in [4.78, 5) is 0. The summed E-state index contributed by atoms with van der Waals surface area (Å²) in [5.74, 6) is 0.665. The first-order valence-electron chi connectivity index (χ1n) is 6.83. The van der Waals surface area contributed by atoms with E-state index in [9.17, 15) is 0 Å². The van der Waals surface area contributed by atoms with Gasteiger partial charge in [-0.1, -0.05) is 31.6 Å². The molecule has 0 aromatic heterocycles. The van der Waals surface area contributed by atoms with Crippen LogP contribution in [-0.2, 0) is 12.8 Å². The molecule has 1 unspecified atom stereocenters. The first kappa shape index (κ1) is 11.5. The van der Waals surface area contributed by atoms with Crippen LogP contribution in [0.1, 0.15) is 60.8 Å². The molecule has 1 atom stereocenters. The van der Waals surface area contributed by atoms with Crippen LogP contribution in [0.3, 0.4) is 0 Å². The van der Waals surface area contributed by atoms with Crippen molar-refractivity contribution in [3.8, 4) is 0 Å². The maximum Gasteiger partial charge on any atom is 0.0285 e. The van der Waals surface area contributed by atoms with E-state index in [1.165, 1.54) is 48.6 Å². The van der Waals surface area contributed by atoms with Crippen LogP contribution in [0.15, 0.2) is 16.6 Å². The predicted molar refractivity (Wildman–Crippen MR) is 77.5 cm³/mol. The summed E-state index contributed by atoms with van der Waals surface area (Å²) in [6.07, 6.45) is 12.5. The molecule has 2 aliphatic rings. The van der Waals surface area contributed by atoms with Crippen molar-refractivity contribution in [2.24, 2.45) is 0 Å². The Balaban J connectivity index is 2.08. The van der Waals surface area contributed by atoms with E-state index in [4.69, 9.17) is 0 Å². The number of hydrogen-bond donors (Lipinski definition) is 0. The Hall–Kier alpha value is -0.560. The first-order chi connectivity index (χ1) is 8.31. The zero-order valence-electron chi connectivity index (χ0n) is 10.4. The molecule has 0 N–H and O–H groups in total. The lowest BCUT2D eigenvalue weighted by molar-refractivity contribution is 0.676. The van der Waals surface area contributed by atoms with Crippen LogP contribution in [0.2, 0.25) is 0 Å². The van der Waals surface area contributed by atoms with Crippen LogP contribution in [0.25, 0.3) is 6.08 Å². The molecular weight excluding hydrogens is 272 g/mol. The normalized spacial score (nSPS) is 21.4. The van der Waals surface area contributed by atoms with Gasteiger partial charge in [0.15, 0.2) is 0 Å². The van der Waals surface area contributed by atoms with Gasteiger partial charge in [0.1, 0.15) is 0 Å². The zero-order chi connectivity index (χ0) is 11.8. The highest BCUT2D eigenvalue weighted by molar-refractivity contribution is 9.10. The highest BCUT2D eigenvalue weighted by Gasteiger charge is 2.23. The molecule has 0 aliphatic heterocycles. The van der Waals surface area contributed by atoms with E-state index < -0.39 is 0 Å². The molecule has 2 aliphatic carbocycles. The number of rotatable bonds is 2. The fraction of sp³-hybridized carbons (Fsp3) is 0.500. The van der Waals surface area contributed by atoms with Crippen molar-refractivity contribution in [2.45, 2.75) is 51.4 Å². The summed E-state index contributed by atoms with van der Waals surface area (Å²) in [5, 5.41) is 0. The molecule has 0 heterocycles. The summed E-state index contributed by atoms with van der Waals surface area (Å²) < 4.78 is 1.39. The van der Waals surface area contributed by atoms with Crippen molar-refractivity contribution in [3.05, 3.63) is 38.9 Å². The Labute approximate surface area is 112 Å². The monoisotopic (exact) mass is 290 g/mol. The topological polar surface area (TPSA) is 0 Å². The molecule has 17 heavy (non-hydrogen) atoms. The standard InChI is InChI=1S/C16H19Br/c1-2-5-11-8-9-14-15(11)10-12-6-3-4-7-13(12)16(14)17/h8-11H,2-7H2,1H3. The summed E-state index contributed by atoms with van der Waals surface area (Å²) in [5.41, 5.74) is 6.21. The molecule has 0 bridgehead atoms. The van der Waals surface area contributed by atoms with Gasteiger partial charge in [-0.3, -0.25) is 0 Å². The fourth-order valence-electron chi connectivity index (χ4n) is 3.25. The smallest absolute Gasteiger partial charge is 0.0285 e. The molecule has 0 amide bonds. The summed E-state index contributed by atoms with van der Waals surface area (Å²) >= 11 is 3.85. The molecule has 0 fully saturated rings. The van der Waals surface area contributed by atoms with Gasteiger partial charge < -0.3 is 0 Å². The molecule has 0 spiro atoms. The molecule has 0 saturated carbocycles. The lowest BCUT2D eigenvalue weighted by Gasteiger charge is -2.21. The van der Waals surface area contributed by atoms with E-state index in [2.05, 4.69) is 41.1 Å². The summed E-state index contributed by atoms with van der Waals surface area (Å²) in [7, 11) is 0. The van der Waals surface area contributed by atoms with Crippen LogP contribution in [-0.4, -0.2) is 0 Å². The number of benzene rings is 1. The van der Waals surface area contributed by atoms with Crippen molar-refractivity contribution in [3.63, 3.8) is 0 Å². The maximum absolute atomic E-state index is 3.85. The molecule has 0 saturated heterocycles. The molecule has 90 valence electrons. The number of aryl methyl sites for hydroxylation is 1. The van der Waals surface area contributed by atoms with Crippen molar-refractivity contribution in [1.29, 1.82) is 0 Å². The average Bonchev–Trinajstić information content (AvgIpc) is 2.74. The van der Waals surface area contributed by atoms with Crippen molar-refractivity contribution in [2.75, 3.05) is 0 Å². The van der Waals surface area contributed by atoms with E-state index in [0.29, 0.717) is 5.92 Å². The van der Waals surface area contributed by atoms with Gasteiger partial charge in [-0.15, -0.1) is 0 Å². The Kier molecular flexibility index (Phi) is 3.12. The van der Waals surface area contributed by atoms with Crippen LogP contribution >= 0.6 is 15.9 Å². The minimum absolute atomic E-state index is 0.665. The first-order valence-corrected chi connectivity index (χ1v) is 7.63. The van der Waals surface area contributed by atoms with Crippen molar-refractivity contribution >= 4 is 22.0 Å². The Bertz CT molecular complexity index is 471. The van der Waals surface area contributed by atoms with Gasteiger partial charge in [-0.05, 0) is 70.3 Å². The number of hydrogen-bond acceptors (Lipinski definition) is 0. The molecule has 0 nitrogen and oxygen atoms in total. The Morgan fingerprint density at radius 2 is 2.12 bits per heavy atom. The number of halogens is 1. The van der Waals surface area contributed by atoms with Gasteiger partial charge in [0, 0.05) is 10.4 Å². The average molecular weight is 291 g/mol. The second-order valence-corrected chi connectivity index (χ2v) is 6.09. The van der Waals surface area contributed by atoms with Gasteiger partial charge in [-0.25, -0.2) is 0 Å². The molecular formula is C16H19Br. The van der Waals surface area contributed by atoms with Gasteiger partial charge in [0.2, 0.25) is 0 Å². The second kappa shape index (κ2) is 4.61. The van der Waals surface area contributed by atoms with E-state index in [0.717, 1.165) is 0 Å². The Morgan fingerprint density at radius 3 is 2.94 bits per heavy atom. The van der Waals surface area contributed by atoms with Crippen LogP contribution in [0.4, 0.5) is 0 Å². The lowest BCUT2D eigenvalue weighted by atomic mass is 9.86. The minimum atomic E-state index is 0.665. The molecule has 3 rings (SSSR count). The van der Waals surface area contributed by atoms with Crippen LogP contribution in [0.5, 0.6) is 0 Å². The third-order valence-corrected chi connectivity index (χ3v) is 5.05. The SMILES string of the molecule is CCCC1C=Cc2c1cc1c(c2Br)CCCC1. The Morgan fingerprint density at radius 1 is 1.29 bits per heavy atom. The number of fused-ring (bicyclic) bond motifs is 2. The predicted octanol–water partition coefficient (Wildman–Crippen LogP) is 5.24. The molecule has 1 aromatic carbocycles. The van der Waals surface area contributed by atoms with Crippen molar-refractivity contribution in [1.82, 2.24) is 0 Å². The van der Waals surface area contributed by atoms with Gasteiger partial charge in [-0.2, -0.15) is 0 Å². The quantitative estimate of drug-likeness (QED) is 0.699. The third kappa shape index (κ3) is 1.89. The lowest BCUT2D eigenvalue weighted by Crippen LogP contribution is -2.06. The van der Waals surface area contributed by atoms with Gasteiger partial charge in [0.05, 0.1) is 0 Å². The van der Waals surface area contributed by atoms with Crippen LogP contribution in [0, 0.1) is 0 Å². The fourth-order valence-corrected chi connectivity index (χ4v) is 4.06. The van der Waals surface area contributed by atoms with Crippen LogP contribution < -0.4 is 0 Å². The highest BCUT2D eigenvalue weighted by atomic mass is 79.9. The van der Waals surface area contributed by atoms with Gasteiger partial charge >= 0.3 is 0 Å². The molecule has 1 aromatic rings. The van der Waals surface area contributed by atoms with E-state index >= 15 is 0 Å². The summed E-state index contributed by atoms with van der Waals surface area (Å²) in [6.45, 7) is 2.28. The second-order valence-electron chi connectivity index (χ2n) is 5.29. The maximum atomic E-state index is 3.85. The summed E-state index contributed by atoms with van der Waals surface area (Å²) in [6, 6.07) is 2.49. The van der Waals surface area contributed by atoms with Crippen molar-refractivity contribution < 1.29 is 0 Å². The number of allylic oxidation sites excluding steroid dienone is 1. The third-order valence-electron chi connectivity index (χ3n) is 4.15. The zero-order valence-corrected chi connectivity index (χ0v) is 12.0. The minimum Gasteiger partial charge on any atom is -0.0763 e. The van der Waals surface area contributed by atoms with Gasteiger partial charge in [0.25, 0.3) is 0 Å². The van der Waals surface area contributed by atoms with E-state index in [1.807, 2.05) is 0 Å². The largest absolute Gasteiger partial charge is 0.0763 e. The molecule has 1 heteroatoms. The van der Waals surface area contributed by atoms with E-state index in [1.54, 1.807) is 16.7 Å².